The van der Waals surface area contributed by atoms with Crippen LogP contribution < -0.4 is 10.3 Å². The number of hydrogen-bond donors (Lipinski definition) is 0. The normalized spacial score (nSPS) is 15.9. The number of aromatic nitrogens is 2. The summed E-state index contributed by atoms with van der Waals surface area (Å²) in [5.74, 6) is 0.457. The second kappa shape index (κ2) is 8.81. The topological polar surface area (TPSA) is 50.1 Å². The number of halogens is 1. The van der Waals surface area contributed by atoms with E-state index in [2.05, 4.69) is 14.8 Å². The maximum atomic E-state index is 12.9. The summed E-state index contributed by atoms with van der Waals surface area (Å²) in [6.07, 6.45) is 2.70. The zero-order valence-electron chi connectivity index (χ0n) is 15.6. The van der Waals surface area contributed by atoms with Gasteiger partial charge in [0.1, 0.15) is 11.6 Å². The molecular formula is C20H23FN4O2S. The Morgan fingerprint density at radius 1 is 1.11 bits per heavy atom. The van der Waals surface area contributed by atoms with Crippen molar-refractivity contribution >= 4 is 16.3 Å². The molecule has 8 heteroatoms. The standard InChI is InChI=1S/C20H23FN4O2S/c21-16-2-4-18(5-3-16)27-12-1-6-23-7-9-24(10-8-23)15-17-14-19(26)25-11-13-28-20(25)22-17/h2-5,11,13-14H,1,6-10,12,15H2. The molecule has 1 aliphatic heterocycles. The molecule has 0 radical (unpaired) electrons. The lowest BCUT2D eigenvalue weighted by atomic mass is 10.2. The maximum absolute atomic E-state index is 12.9. The SMILES string of the molecule is O=c1cc(CN2CCN(CCCOc3ccc(F)cc3)CC2)nc2sccn12. The lowest BCUT2D eigenvalue weighted by molar-refractivity contribution is 0.120. The van der Waals surface area contributed by atoms with Gasteiger partial charge in [0, 0.05) is 56.9 Å². The lowest BCUT2D eigenvalue weighted by Gasteiger charge is -2.34. The average Bonchev–Trinajstić information content (AvgIpc) is 3.17. The highest BCUT2D eigenvalue weighted by Gasteiger charge is 2.17. The molecule has 6 nitrogen and oxygen atoms in total. The van der Waals surface area contributed by atoms with Gasteiger partial charge in [-0.25, -0.2) is 9.37 Å². The summed E-state index contributed by atoms with van der Waals surface area (Å²) in [5, 5.41) is 1.88. The third-order valence-electron chi connectivity index (χ3n) is 4.91. The number of benzene rings is 1. The van der Waals surface area contributed by atoms with Crippen molar-refractivity contribution in [2.75, 3.05) is 39.3 Å². The fourth-order valence-corrected chi connectivity index (χ4v) is 4.12. The number of ether oxygens (including phenoxy) is 1. The van der Waals surface area contributed by atoms with Crippen LogP contribution in [0.3, 0.4) is 0 Å². The van der Waals surface area contributed by atoms with Gasteiger partial charge in [0.25, 0.3) is 5.56 Å². The predicted molar refractivity (Wildman–Crippen MR) is 108 cm³/mol. The van der Waals surface area contributed by atoms with Crippen molar-refractivity contribution in [2.24, 2.45) is 0 Å². The summed E-state index contributed by atoms with van der Waals surface area (Å²) in [7, 11) is 0. The highest BCUT2D eigenvalue weighted by Crippen LogP contribution is 2.12. The van der Waals surface area contributed by atoms with Gasteiger partial charge < -0.3 is 9.64 Å². The van der Waals surface area contributed by atoms with Crippen LogP contribution in [0.5, 0.6) is 5.75 Å². The van der Waals surface area contributed by atoms with Crippen LogP contribution in [0.2, 0.25) is 0 Å². The van der Waals surface area contributed by atoms with E-state index in [0.717, 1.165) is 49.8 Å². The van der Waals surface area contributed by atoms with E-state index in [1.54, 1.807) is 28.8 Å². The first-order valence-electron chi connectivity index (χ1n) is 9.46. The van der Waals surface area contributed by atoms with Crippen molar-refractivity contribution in [1.82, 2.24) is 19.2 Å². The molecule has 0 N–H and O–H groups in total. The van der Waals surface area contributed by atoms with E-state index in [9.17, 15) is 9.18 Å². The first-order valence-corrected chi connectivity index (χ1v) is 10.3. The van der Waals surface area contributed by atoms with E-state index in [1.807, 2.05) is 5.38 Å². The summed E-state index contributed by atoms with van der Waals surface area (Å²) in [4.78, 5) is 22.2. The molecule has 148 valence electrons. The summed E-state index contributed by atoms with van der Waals surface area (Å²) < 4.78 is 20.1. The number of thiazole rings is 1. The van der Waals surface area contributed by atoms with E-state index in [0.29, 0.717) is 18.9 Å². The third kappa shape index (κ3) is 4.76. The van der Waals surface area contributed by atoms with Crippen molar-refractivity contribution in [3.05, 3.63) is 63.8 Å². The molecule has 1 saturated heterocycles. The minimum absolute atomic E-state index is 0.0129. The quantitative estimate of drug-likeness (QED) is 0.569. The van der Waals surface area contributed by atoms with E-state index in [-0.39, 0.29) is 11.4 Å². The highest BCUT2D eigenvalue weighted by molar-refractivity contribution is 7.15. The van der Waals surface area contributed by atoms with E-state index in [1.165, 1.54) is 23.5 Å². The molecule has 2 aromatic heterocycles. The minimum atomic E-state index is -0.249. The highest BCUT2D eigenvalue weighted by atomic mass is 32.1. The Bertz CT molecular complexity index is 964. The zero-order valence-corrected chi connectivity index (χ0v) is 16.4. The second-order valence-corrected chi connectivity index (χ2v) is 7.79. The van der Waals surface area contributed by atoms with Crippen LogP contribution in [0.1, 0.15) is 12.1 Å². The Balaban J connectivity index is 1.19. The molecule has 3 aromatic rings. The second-order valence-electron chi connectivity index (χ2n) is 6.92. The van der Waals surface area contributed by atoms with Crippen LogP contribution in [0.4, 0.5) is 4.39 Å². The minimum Gasteiger partial charge on any atom is -0.494 e. The summed E-state index contributed by atoms with van der Waals surface area (Å²) in [6.45, 7) is 6.24. The predicted octanol–water partition coefficient (Wildman–Crippen LogP) is 2.48. The molecule has 1 aliphatic rings. The fraction of sp³-hybridized carbons (Fsp3) is 0.400. The van der Waals surface area contributed by atoms with Gasteiger partial charge in [-0.3, -0.25) is 14.1 Å². The van der Waals surface area contributed by atoms with E-state index < -0.39 is 0 Å². The summed E-state index contributed by atoms with van der Waals surface area (Å²) in [6, 6.07) is 7.77. The number of rotatable bonds is 7. The van der Waals surface area contributed by atoms with Gasteiger partial charge in [0.15, 0.2) is 4.96 Å². The van der Waals surface area contributed by atoms with Gasteiger partial charge in [0.2, 0.25) is 0 Å². The van der Waals surface area contributed by atoms with Gasteiger partial charge in [0.05, 0.1) is 12.3 Å². The van der Waals surface area contributed by atoms with Crippen LogP contribution in [-0.2, 0) is 6.54 Å². The van der Waals surface area contributed by atoms with Crippen LogP contribution in [0.25, 0.3) is 4.96 Å². The van der Waals surface area contributed by atoms with Crippen molar-refractivity contribution in [1.29, 1.82) is 0 Å². The van der Waals surface area contributed by atoms with Gasteiger partial charge in [-0.05, 0) is 30.7 Å². The Morgan fingerprint density at radius 3 is 2.64 bits per heavy atom. The molecule has 1 fully saturated rings. The first-order chi connectivity index (χ1) is 13.7. The number of hydrogen-bond acceptors (Lipinski definition) is 6. The Labute approximate surface area is 166 Å². The smallest absolute Gasteiger partial charge is 0.258 e. The molecule has 0 spiro atoms. The largest absolute Gasteiger partial charge is 0.494 e. The van der Waals surface area contributed by atoms with Gasteiger partial charge in [-0.1, -0.05) is 0 Å². The first kappa shape index (κ1) is 19.0. The monoisotopic (exact) mass is 402 g/mol. The maximum Gasteiger partial charge on any atom is 0.258 e. The number of piperazine rings is 1. The van der Waals surface area contributed by atoms with Gasteiger partial charge in [-0.15, -0.1) is 11.3 Å². The lowest BCUT2D eigenvalue weighted by Crippen LogP contribution is -2.46. The molecule has 1 aromatic carbocycles. The Hall–Kier alpha value is -2.29. The Kier molecular flexibility index (Phi) is 5.99. The number of nitrogens with zero attached hydrogens (tertiary/aromatic N) is 4. The van der Waals surface area contributed by atoms with E-state index in [4.69, 9.17) is 4.74 Å². The molecule has 0 bridgehead atoms. The summed E-state index contributed by atoms with van der Waals surface area (Å²) in [5.41, 5.74) is 0.828. The van der Waals surface area contributed by atoms with Gasteiger partial charge in [-0.2, -0.15) is 0 Å². The molecule has 0 unspecified atom stereocenters. The molecule has 0 amide bonds. The van der Waals surface area contributed by atoms with Crippen molar-refractivity contribution in [2.45, 2.75) is 13.0 Å². The average molecular weight is 402 g/mol. The Morgan fingerprint density at radius 2 is 1.86 bits per heavy atom. The van der Waals surface area contributed by atoms with Crippen molar-refractivity contribution in [3.63, 3.8) is 0 Å². The van der Waals surface area contributed by atoms with Crippen LogP contribution in [-0.4, -0.2) is 58.5 Å². The molecule has 28 heavy (non-hydrogen) atoms. The van der Waals surface area contributed by atoms with Crippen molar-refractivity contribution < 1.29 is 9.13 Å². The third-order valence-corrected chi connectivity index (χ3v) is 5.66. The molecule has 4 rings (SSSR count). The zero-order chi connectivity index (χ0) is 19.3. The fourth-order valence-electron chi connectivity index (χ4n) is 3.38. The molecule has 0 saturated carbocycles. The van der Waals surface area contributed by atoms with Gasteiger partial charge >= 0.3 is 0 Å². The van der Waals surface area contributed by atoms with Crippen LogP contribution in [0.15, 0.2) is 46.7 Å². The molecule has 0 aliphatic carbocycles. The molecular weight excluding hydrogens is 379 g/mol. The summed E-state index contributed by atoms with van der Waals surface area (Å²) >= 11 is 1.48. The molecule has 3 heterocycles. The molecule has 0 atom stereocenters. The van der Waals surface area contributed by atoms with E-state index >= 15 is 0 Å². The van der Waals surface area contributed by atoms with Crippen molar-refractivity contribution in [3.8, 4) is 5.75 Å². The number of fused-ring (bicyclic) bond motifs is 1. The van der Waals surface area contributed by atoms with Crippen LogP contribution >= 0.6 is 11.3 Å². The van der Waals surface area contributed by atoms with Crippen LogP contribution in [0, 0.1) is 5.82 Å².